The van der Waals surface area contributed by atoms with Crippen molar-refractivity contribution in [3.8, 4) is 0 Å². The minimum Gasteiger partial charge on any atom is -0.393 e. The molecule has 1 aliphatic carbocycles. The first-order valence-corrected chi connectivity index (χ1v) is 7.10. The third-order valence-electron chi connectivity index (χ3n) is 2.89. The predicted molar refractivity (Wildman–Crippen MR) is 76.4 cm³/mol. The number of hydrogen-bond donors (Lipinski definition) is 1. The number of nitrogens with zero attached hydrogens (tertiary/aromatic N) is 1. The first-order chi connectivity index (χ1) is 8.50. The Labute approximate surface area is 115 Å². The number of ether oxygens (including phenoxy) is 1. The highest BCUT2D eigenvalue weighted by molar-refractivity contribution is 7.80. The summed E-state index contributed by atoms with van der Waals surface area (Å²) in [6, 6.07) is 0. The van der Waals surface area contributed by atoms with Crippen LogP contribution in [0.4, 0.5) is 0 Å². The Balaban J connectivity index is 2.29. The van der Waals surface area contributed by atoms with Crippen LogP contribution in [0, 0.1) is 5.92 Å². The van der Waals surface area contributed by atoms with E-state index in [4.69, 9.17) is 22.7 Å². The molecule has 1 saturated carbocycles. The minimum atomic E-state index is 0.245. The standard InChI is InChI=1S/C13H24N2O2S/c1-10(2)17-9-3-7-15(8-6-12(14)18)13(16)11-4-5-11/h10-11H,3-9H2,1-2H3,(H2,14,18). The number of hydrogen-bond acceptors (Lipinski definition) is 3. The van der Waals surface area contributed by atoms with E-state index in [0.717, 1.165) is 25.8 Å². The number of carbonyl (C=O) groups is 1. The molecule has 1 amide bonds. The molecule has 0 saturated heterocycles. The Bertz CT molecular complexity index is 291. The summed E-state index contributed by atoms with van der Waals surface area (Å²) < 4.78 is 5.49. The van der Waals surface area contributed by atoms with Crippen molar-refractivity contribution in [2.45, 2.75) is 45.6 Å². The summed E-state index contributed by atoms with van der Waals surface area (Å²) in [6.45, 7) is 6.11. The molecular formula is C13H24N2O2S. The van der Waals surface area contributed by atoms with Crippen LogP contribution in [0.2, 0.25) is 0 Å². The van der Waals surface area contributed by atoms with Gasteiger partial charge in [-0.2, -0.15) is 0 Å². The predicted octanol–water partition coefficient (Wildman–Crippen LogP) is 1.72. The molecule has 1 rings (SSSR count). The first-order valence-electron chi connectivity index (χ1n) is 6.69. The zero-order valence-electron chi connectivity index (χ0n) is 11.4. The van der Waals surface area contributed by atoms with Crippen molar-refractivity contribution in [1.82, 2.24) is 4.90 Å². The zero-order valence-corrected chi connectivity index (χ0v) is 12.2. The zero-order chi connectivity index (χ0) is 13.5. The van der Waals surface area contributed by atoms with Crippen LogP contribution < -0.4 is 5.73 Å². The Morgan fingerprint density at radius 3 is 2.61 bits per heavy atom. The van der Waals surface area contributed by atoms with Gasteiger partial charge in [0.15, 0.2) is 0 Å². The lowest BCUT2D eigenvalue weighted by Gasteiger charge is -2.22. The molecule has 0 spiro atoms. The van der Waals surface area contributed by atoms with E-state index in [2.05, 4.69) is 0 Å². The van der Waals surface area contributed by atoms with Crippen molar-refractivity contribution in [3.05, 3.63) is 0 Å². The van der Waals surface area contributed by atoms with Gasteiger partial charge in [0.05, 0.1) is 11.1 Å². The number of amides is 1. The highest BCUT2D eigenvalue weighted by atomic mass is 32.1. The minimum absolute atomic E-state index is 0.245. The topological polar surface area (TPSA) is 55.6 Å². The van der Waals surface area contributed by atoms with E-state index in [1.54, 1.807) is 0 Å². The van der Waals surface area contributed by atoms with Crippen LogP contribution in [0.25, 0.3) is 0 Å². The maximum absolute atomic E-state index is 12.0. The van der Waals surface area contributed by atoms with Crippen LogP contribution in [-0.2, 0) is 9.53 Å². The monoisotopic (exact) mass is 272 g/mol. The molecule has 5 heteroatoms. The molecule has 104 valence electrons. The second-order valence-corrected chi connectivity index (χ2v) is 5.61. The smallest absolute Gasteiger partial charge is 0.225 e. The maximum Gasteiger partial charge on any atom is 0.225 e. The molecule has 0 radical (unpaired) electrons. The summed E-state index contributed by atoms with van der Waals surface area (Å²) in [4.78, 5) is 14.4. The third kappa shape index (κ3) is 6.31. The largest absolute Gasteiger partial charge is 0.393 e. The maximum atomic E-state index is 12.0. The average Bonchev–Trinajstić information content (AvgIpc) is 3.10. The Kier molecular flexibility index (Phi) is 6.57. The average molecular weight is 272 g/mol. The van der Waals surface area contributed by atoms with E-state index in [1.165, 1.54) is 0 Å². The van der Waals surface area contributed by atoms with Crippen LogP contribution in [0.1, 0.15) is 39.5 Å². The van der Waals surface area contributed by atoms with Gasteiger partial charge < -0.3 is 15.4 Å². The van der Waals surface area contributed by atoms with E-state index >= 15 is 0 Å². The van der Waals surface area contributed by atoms with Crippen molar-refractivity contribution in [2.24, 2.45) is 11.7 Å². The Morgan fingerprint density at radius 2 is 2.11 bits per heavy atom. The van der Waals surface area contributed by atoms with E-state index in [-0.39, 0.29) is 17.9 Å². The highest BCUT2D eigenvalue weighted by Gasteiger charge is 2.32. The molecular weight excluding hydrogens is 248 g/mol. The van der Waals surface area contributed by atoms with Crippen molar-refractivity contribution < 1.29 is 9.53 Å². The van der Waals surface area contributed by atoms with Crippen molar-refractivity contribution in [1.29, 1.82) is 0 Å². The van der Waals surface area contributed by atoms with E-state index < -0.39 is 0 Å². The van der Waals surface area contributed by atoms with Crippen LogP contribution in [0.3, 0.4) is 0 Å². The molecule has 0 aromatic carbocycles. The molecule has 1 fully saturated rings. The molecule has 0 bridgehead atoms. The van der Waals surface area contributed by atoms with Gasteiger partial charge in [-0.15, -0.1) is 0 Å². The lowest BCUT2D eigenvalue weighted by molar-refractivity contribution is -0.132. The molecule has 18 heavy (non-hydrogen) atoms. The summed E-state index contributed by atoms with van der Waals surface area (Å²) in [6.07, 6.45) is 3.79. The quantitative estimate of drug-likeness (QED) is 0.513. The van der Waals surface area contributed by atoms with Gasteiger partial charge in [0.25, 0.3) is 0 Å². The van der Waals surface area contributed by atoms with E-state index in [9.17, 15) is 4.79 Å². The lowest BCUT2D eigenvalue weighted by Crippen LogP contribution is -2.36. The van der Waals surface area contributed by atoms with Crippen LogP contribution in [0.15, 0.2) is 0 Å². The molecule has 2 N–H and O–H groups in total. The van der Waals surface area contributed by atoms with Crippen molar-refractivity contribution in [2.75, 3.05) is 19.7 Å². The number of thiocarbonyl (C=S) groups is 1. The summed E-state index contributed by atoms with van der Waals surface area (Å²) in [7, 11) is 0. The molecule has 0 unspecified atom stereocenters. The molecule has 0 atom stereocenters. The second-order valence-electron chi connectivity index (χ2n) is 5.09. The van der Waals surface area contributed by atoms with Gasteiger partial charge in [0.1, 0.15) is 0 Å². The second kappa shape index (κ2) is 7.69. The van der Waals surface area contributed by atoms with Crippen LogP contribution in [0.5, 0.6) is 0 Å². The fraction of sp³-hybridized carbons (Fsp3) is 0.846. The first kappa shape index (κ1) is 15.4. The van der Waals surface area contributed by atoms with Gasteiger partial charge in [-0.25, -0.2) is 0 Å². The summed E-state index contributed by atoms with van der Waals surface area (Å²) in [5.41, 5.74) is 5.50. The lowest BCUT2D eigenvalue weighted by atomic mass is 10.2. The van der Waals surface area contributed by atoms with Gasteiger partial charge in [0, 0.05) is 32.0 Å². The molecule has 0 aromatic heterocycles. The van der Waals surface area contributed by atoms with E-state index in [0.29, 0.717) is 24.6 Å². The molecule has 4 nitrogen and oxygen atoms in total. The van der Waals surface area contributed by atoms with Gasteiger partial charge in [0.2, 0.25) is 5.91 Å². The normalized spacial score (nSPS) is 14.8. The number of carbonyl (C=O) groups excluding carboxylic acids is 1. The molecule has 0 aromatic rings. The van der Waals surface area contributed by atoms with Gasteiger partial charge in [-0.05, 0) is 33.1 Å². The number of nitrogens with two attached hydrogens (primary N) is 1. The highest BCUT2D eigenvalue weighted by Crippen LogP contribution is 2.31. The SMILES string of the molecule is CC(C)OCCCN(CCC(N)=S)C(=O)C1CC1. The number of rotatable bonds is 9. The third-order valence-corrected chi connectivity index (χ3v) is 3.09. The van der Waals surface area contributed by atoms with Crippen LogP contribution in [-0.4, -0.2) is 41.6 Å². The molecule has 0 aliphatic heterocycles. The summed E-state index contributed by atoms with van der Waals surface area (Å²) >= 11 is 4.87. The fourth-order valence-corrected chi connectivity index (χ4v) is 1.83. The van der Waals surface area contributed by atoms with Gasteiger partial charge in [-0.3, -0.25) is 4.79 Å². The van der Waals surface area contributed by atoms with Crippen molar-refractivity contribution >= 4 is 23.1 Å². The van der Waals surface area contributed by atoms with Gasteiger partial charge >= 0.3 is 0 Å². The molecule has 1 aliphatic rings. The summed E-state index contributed by atoms with van der Waals surface area (Å²) in [5, 5.41) is 0. The molecule has 0 heterocycles. The summed E-state index contributed by atoms with van der Waals surface area (Å²) in [5.74, 6) is 0.512. The van der Waals surface area contributed by atoms with Crippen molar-refractivity contribution in [3.63, 3.8) is 0 Å². The Morgan fingerprint density at radius 1 is 1.44 bits per heavy atom. The van der Waals surface area contributed by atoms with E-state index in [1.807, 2.05) is 18.7 Å². The fourth-order valence-electron chi connectivity index (χ4n) is 1.74. The Hall–Kier alpha value is -0.680. The van der Waals surface area contributed by atoms with Gasteiger partial charge in [-0.1, -0.05) is 12.2 Å². The van der Waals surface area contributed by atoms with Crippen LogP contribution >= 0.6 is 12.2 Å².